The standard InChI is InChI=1S/C15H13ClN2/c1-10-2-7-13-14(8-10)18-15(17-13)9-11-3-5-12(16)6-4-11/h2-8H,9H2,1H3,(H,17,18). The molecule has 0 radical (unpaired) electrons. The molecule has 0 atom stereocenters. The van der Waals surface area contributed by atoms with E-state index in [2.05, 4.69) is 29.0 Å². The molecule has 90 valence electrons. The van der Waals surface area contributed by atoms with Gasteiger partial charge in [0, 0.05) is 11.4 Å². The van der Waals surface area contributed by atoms with Crippen LogP contribution in [0.25, 0.3) is 11.0 Å². The Bertz CT molecular complexity index is 683. The SMILES string of the molecule is Cc1ccc2nc(Cc3ccc(Cl)cc3)[nH]c2c1. The first-order valence-corrected chi connectivity index (χ1v) is 6.28. The van der Waals surface area contributed by atoms with Gasteiger partial charge in [-0.25, -0.2) is 4.98 Å². The lowest BCUT2D eigenvalue weighted by Crippen LogP contribution is -1.89. The molecule has 1 heterocycles. The summed E-state index contributed by atoms with van der Waals surface area (Å²) >= 11 is 5.87. The fourth-order valence-corrected chi connectivity index (χ4v) is 2.18. The minimum atomic E-state index is 0.763. The van der Waals surface area contributed by atoms with Gasteiger partial charge in [-0.15, -0.1) is 0 Å². The number of benzene rings is 2. The number of fused-ring (bicyclic) bond motifs is 1. The molecule has 1 aromatic heterocycles. The van der Waals surface area contributed by atoms with Gasteiger partial charge in [-0.05, 0) is 42.3 Å². The Labute approximate surface area is 111 Å². The minimum absolute atomic E-state index is 0.763. The van der Waals surface area contributed by atoms with Crippen molar-refractivity contribution in [2.24, 2.45) is 0 Å². The normalized spacial score (nSPS) is 11.0. The van der Waals surface area contributed by atoms with Crippen LogP contribution < -0.4 is 0 Å². The lowest BCUT2D eigenvalue weighted by Gasteiger charge is -1.97. The molecule has 0 saturated carbocycles. The Morgan fingerprint density at radius 2 is 1.89 bits per heavy atom. The molecule has 0 aliphatic heterocycles. The molecule has 0 fully saturated rings. The first-order chi connectivity index (χ1) is 8.70. The van der Waals surface area contributed by atoms with Crippen LogP contribution in [0.15, 0.2) is 42.5 Å². The van der Waals surface area contributed by atoms with Crippen LogP contribution >= 0.6 is 11.6 Å². The van der Waals surface area contributed by atoms with Gasteiger partial charge >= 0.3 is 0 Å². The van der Waals surface area contributed by atoms with Crippen molar-refractivity contribution in [1.82, 2.24) is 9.97 Å². The maximum atomic E-state index is 5.87. The maximum absolute atomic E-state index is 5.87. The molecule has 0 unspecified atom stereocenters. The van der Waals surface area contributed by atoms with Crippen LogP contribution in [0.1, 0.15) is 17.0 Å². The van der Waals surface area contributed by atoms with Gasteiger partial charge in [0.25, 0.3) is 0 Å². The Morgan fingerprint density at radius 1 is 1.11 bits per heavy atom. The van der Waals surface area contributed by atoms with E-state index in [4.69, 9.17) is 11.6 Å². The molecule has 0 spiro atoms. The molecule has 3 heteroatoms. The predicted octanol–water partition coefficient (Wildman–Crippen LogP) is 4.12. The zero-order valence-corrected chi connectivity index (χ0v) is 10.8. The fraction of sp³-hybridized carbons (Fsp3) is 0.133. The molecule has 3 rings (SSSR count). The molecule has 0 saturated heterocycles. The summed E-state index contributed by atoms with van der Waals surface area (Å²) in [6.07, 6.45) is 0.797. The van der Waals surface area contributed by atoms with Crippen molar-refractivity contribution in [3.05, 3.63) is 64.4 Å². The van der Waals surface area contributed by atoms with Crippen LogP contribution in [-0.4, -0.2) is 9.97 Å². The highest BCUT2D eigenvalue weighted by Crippen LogP contribution is 2.16. The van der Waals surface area contributed by atoms with Gasteiger partial charge in [-0.3, -0.25) is 0 Å². The van der Waals surface area contributed by atoms with Crippen LogP contribution in [0.5, 0.6) is 0 Å². The largest absolute Gasteiger partial charge is 0.342 e. The van der Waals surface area contributed by atoms with Crippen LogP contribution in [0, 0.1) is 6.92 Å². The topological polar surface area (TPSA) is 28.7 Å². The van der Waals surface area contributed by atoms with Crippen molar-refractivity contribution < 1.29 is 0 Å². The van der Waals surface area contributed by atoms with Gasteiger partial charge in [0.1, 0.15) is 5.82 Å². The number of nitrogens with one attached hydrogen (secondary N) is 1. The van der Waals surface area contributed by atoms with E-state index in [-0.39, 0.29) is 0 Å². The van der Waals surface area contributed by atoms with Crippen LogP contribution in [0.3, 0.4) is 0 Å². The second kappa shape index (κ2) is 4.46. The predicted molar refractivity (Wildman–Crippen MR) is 75.1 cm³/mol. The highest BCUT2D eigenvalue weighted by atomic mass is 35.5. The highest BCUT2D eigenvalue weighted by molar-refractivity contribution is 6.30. The molecular formula is C15H13ClN2. The number of aromatic amines is 1. The molecule has 0 aliphatic carbocycles. The number of aromatic nitrogens is 2. The highest BCUT2D eigenvalue weighted by Gasteiger charge is 2.03. The van der Waals surface area contributed by atoms with Gasteiger partial charge in [0.05, 0.1) is 11.0 Å². The fourth-order valence-electron chi connectivity index (χ4n) is 2.06. The lowest BCUT2D eigenvalue weighted by molar-refractivity contribution is 1.04. The summed E-state index contributed by atoms with van der Waals surface area (Å²) < 4.78 is 0. The Balaban J connectivity index is 1.92. The molecule has 3 aromatic rings. The first-order valence-electron chi connectivity index (χ1n) is 5.90. The second-order valence-electron chi connectivity index (χ2n) is 4.51. The van der Waals surface area contributed by atoms with E-state index in [1.54, 1.807) is 0 Å². The number of hydrogen-bond acceptors (Lipinski definition) is 1. The molecule has 2 nitrogen and oxygen atoms in total. The number of aryl methyl sites for hydroxylation is 1. The first kappa shape index (κ1) is 11.3. The summed E-state index contributed by atoms with van der Waals surface area (Å²) in [6.45, 7) is 2.08. The van der Waals surface area contributed by atoms with E-state index in [9.17, 15) is 0 Å². The number of imidazole rings is 1. The molecule has 0 amide bonds. The van der Waals surface area contributed by atoms with E-state index >= 15 is 0 Å². The van der Waals surface area contributed by atoms with Crippen molar-refractivity contribution in [1.29, 1.82) is 0 Å². The Morgan fingerprint density at radius 3 is 2.67 bits per heavy atom. The minimum Gasteiger partial charge on any atom is -0.342 e. The zero-order valence-electron chi connectivity index (χ0n) is 10.1. The quantitative estimate of drug-likeness (QED) is 0.734. The van der Waals surface area contributed by atoms with Crippen LogP contribution in [0.2, 0.25) is 5.02 Å². The Hall–Kier alpha value is -1.80. The lowest BCUT2D eigenvalue weighted by atomic mass is 10.1. The molecule has 0 bridgehead atoms. The third-order valence-electron chi connectivity index (χ3n) is 2.97. The number of halogens is 1. The third kappa shape index (κ3) is 2.24. The third-order valence-corrected chi connectivity index (χ3v) is 3.22. The van der Waals surface area contributed by atoms with Crippen molar-refractivity contribution in [2.45, 2.75) is 13.3 Å². The zero-order chi connectivity index (χ0) is 12.5. The van der Waals surface area contributed by atoms with Crippen LogP contribution in [-0.2, 0) is 6.42 Å². The summed E-state index contributed by atoms with van der Waals surface area (Å²) in [7, 11) is 0. The van der Waals surface area contributed by atoms with E-state index in [0.29, 0.717) is 0 Å². The molecule has 2 aromatic carbocycles. The van der Waals surface area contributed by atoms with Gasteiger partial charge in [-0.2, -0.15) is 0 Å². The molecule has 1 N–H and O–H groups in total. The van der Waals surface area contributed by atoms with E-state index in [0.717, 1.165) is 28.3 Å². The van der Waals surface area contributed by atoms with E-state index < -0.39 is 0 Å². The summed E-state index contributed by atoms with van der Waals surface area (Å²) in [5.41, 5.74) is 4.56. The molecule has 18 heavy (non-hydrogen) atoms. The van der Waals surface area contributed by atoms with Crippen molar-refractivity contribution in [3.63, 3.8) is 0 Å². The summed E-state index contributed by atoms with van der Waals surface area (Å²) in [5, 5.41) is 0.763. The summed E-state index contributed by atoms with van der Waals surface area (Å²) in [4.78, 5) is 7.94. The Kier molecular flexibility index (Phi) is 2.80. The monoisotopic (exact) mass is 256 g/mol. The van der Waals surface area contributed by atoms with Crippen molar-refractivity contribution in [3.8, 4) is 0 Å². The number of rotatable bonds is 2. The smallest absolute Gasteiger partial charge is 0.111 e. The average molecular weight is 257 g/mol. The van der Waals surface area contributed by atoms with Crippen molar-refractivity contribution >= 4 is 22.6 Å². The van der Waals surface area contributed by atoms with E-state index in [1.165, 1.54) is 11.1 Å². The second-order valence-corrected chi connectivity index (χ2v) is 4.94. The van der Waals surface area contributed by atoms with Gasteiger partial charge in [0.15, 0.2) is 0 Å². The maximum Gasteiger partial charge on any atom is 0.111 e. The van der Waals surface area contributed by atoms with Gasteiger partial charge in [0.2, 0.25) is 0 Å². The molecule has 0 aliphatic rings. The van der Waals surface area contributed by atoms with Gasteiger partial charge in [-0.1, -0.05) is 29.8 Å². The van der Waals surface area contributed by atoms with Gasteiger partial charge < -0.3 is 4.98 Å². The molecular weight excluding hydrogens is 244 g/mol. The summed E-state index contributed by atoms with van der Waals surface area (Å²) in [5.74, 6) is 0.984. The van der Waals surface area contributed by atoms with Crippen molar-refractivity contribution in [2.75, 3.05) is 0 Å². The summed E-state index contributed by atoms with van der Waals surface area (Å²) in [6, 6.07) is 14.1. The van der Waals surface area contributed by atoms with E-state index in [1.807, 2.05) is 30.3 Å². The number of H-pyrrole nitrogens is 1. The number of nitrogens with zero attached hydrogens (tertiary/aromatic N) is 1. The van der Waals surface area contributed by atoms with Crippen LogP contribution in [0.4, 0.5) is 0 Å². The average Bonchev–Trinajstić information content (AvgIpc) is 2.73. The number of hydrogen-bond donors (Lipinski definition) is 1.